The van der Waals surface area contributed by atoms with Gasteiger partial charge in [-0.15, -0.1) is 0 Å². The SMILES string of the molecule is NCCC(N1CC(=O)NC(=O)C1)C(F)(F)F. The molecule has 0 aliphatic carbocycles. The number of halogens is 3. The number of piperazine rings is 1. The zero-order valence-corrected chi connectivity index (χ0v) is 8.38. The molecule has 8 heteroatoms. The number of hydrogen-bond donors (Lipinski definition) is 2. The predicted octanol–water partition coefficient (Wildman–Crippen LogP) is -0.776. The van der Waals surface area contributed by atoms with Crippen LogP contribution in [-0.2, 0) is 9.59 Å². The molecule has 1 unspecified atom stereocenters. The molecule has 0 aromatic carbocycles. The molecule has 0 bridgehead atoms. The Kier molecular flexibility index (Phi) is 3.87. The molecule has 1 fully saturated rings. The van der Waals surface area contributed by atoms with Crippen LogP contribution in [0, 0.1) is 0 Å². The summed E-state index contributed by atoms with van der Waals surface area (Å²) in [7, 11) is 0. The van der Waals surface area contributed by atoms with Gasteiger partial charge < -0.3 is 5.73 Å². The van der Waals surface area contributed by atoms with Crippen molar-refractivity contribution in [2.24, 2.45) is 5.73 Å². The van der Waals surface area contributed by atoms with E-state index in [1.54, 1.807) is 0 Å². The zero-order chi connectivity index (χ0) is 12.3. The van der Waals surface area contributed by atoms with Gasteiger partial charge in [-0.05, 0) is 13.0 Å². The third-order valence-electron chi connectivity index (χ3n) is 2.23. The Hall–Kier alpha value is -1.15. The summed E-state index contributed by atoms with van der Waals surface area (Å²) in [6.45, 7) is -1.03. The van der Waals surface area contributed by atoms with Crippen LogP contribution in [0.3, 0.4) is 0 Å². The van der Waals surface area contributed by atoms with Crippen molar-refractivity contribution in [3.05, 3.63) is 0 Å². The molecule has 0 spiro atoms. The van der Waals surface area contributed by atoms with Crippen LogP contribution >= 0.6 is 0 Å². The van der Waals surface area contributed by atoms with E-state index < -0.39 is 37.1 Å². The van der Waals surface area contributed by atoms with Gasteiger partial charge in [0, 0.05) is 0 Å². The molecule has 0 radical (unpaired) electrons. The molecule has 3 N–H and O–H groups in total. The molecule has 1 aliphatic rings. The van der Waals surface area contributed by atoms with E-state index in [1.807, 2.05) is 5.32 Å². The van der Waals surface area contributed by atoms with Crippen molar-refractivity contribution in [1.82, 2.24) is 10.2 Å². The number of nitrogens with zero attached hydrogens (tertiary/aromatic N) is 1. The summed E-state index contributed by atoms with van der Waals surface area (Å²) < 4.78 is 37.8. The fourth-order valence-corrected chi connectivity index (χ4v) is 1.59. The number of imide groups is 1. The summed E-state index contributed by atoms with van der Waals surface area (Å²) in [4.78, 5) is 22.7. The van der Waals surface area contributed by atoms with Crippen LogP contribution in [0.25, 0.3) is 0 Å². The maximum absolute atomic E-state index is 12.6. The second kappa shape index (κ2) is 4.79. The van der Waals surface area contributed by atoms with Crippen molar-refractivity contribution in [2.45, 2.75) is 18.6 Å². The summed E-state index contributed by atoms with van der Waals surface area (Å²) in [5.41, 5.74) is 5.09. The number of carbonyl (C=O) groups is 2. The average Bonchev–Trinajstić information content (AvgIpc) is 2.10. The van der Waals surface area contributed by atoms with Crippen molar-refractivity contribution in [3.63, 3.8) is 0 Å². The summed E-state index contributed by atoms with van der Waals surface area (Å²) in [5.74, 6) is -1.44. The van der Waals surface area contributed by atoms with Crippen LogP contribution in [0.5, 0.6) is 0 Å². The minimum absolute atomic E-state index is 0.156. The molecule has 0 aromatic heterocycles. The molecular weight excluding hydrogens is 227 g/mol. The van der Waals surface area contributed by atoms with Gasteiger partial charge in [0.1, 0.15) is 6.04 Å². The van der Waals surface area contributed by atoms with Gasteiger partial charge in [0.25, 0.3) is 0 Å². The number of alkyl halides is 3. The van der Waals surface area contributed by atoms with Crippen LogP contribution in [-0.4, -0.2) is 48.6 Å². The Morgan fingerprint density at radius 3 is 2.19 bits per heavy atom. The maximum Gasteiger partial charge on any atom is 0.404 e. The van der Waals surface area contributed by atoms with E-state index in [2.05, 4.69) is 0 Å². The van der Waals surface area contributed by atoms with Crippen LogP contribution in [0.2, 0.25) is 0 Å². The first-order valence-electron chi connectivity index (χ1n) is 4.68. The van der Waals surface area contributed by atoms with E-state index in [0.717, 1.165) is 4.90 Å². The molecule has 1 rings (SSSR count). The summed E-state index contributed by atoms with van der Waals surface area (Å²) in [6, 6.07) is -1.84. The first-order valence-corrected chi connectivity index (χ1v) is 4.68. The maximum atomic E-state index is 12.6. The molecule has 1 saturated heterocycles. The van der Waals surface area contributed by atoms with Crippen LogP contribution in [0.4, 0.5) is 13.2 Å². The van der Waals surface area contributed by atoms with Crippen molar-refractivity contribution >= 4 is 11.8 Å². The van der Waals surface area contributed by atoms with E-state index in [9.17, 15) is 22.8 Å². The molecule has 2 amide bonds. The smallest absolute Gasteiger partial charge is 0.330 e. The van der Waals surface area contributed by atoms with Crippen LogP contribution < -0.4 is 11.1 Å². The third-order valence-corrected chi connectivity index (χ3v) is 2.23. The number of rotatable bonds is 3. The molecule has 92 valence electrons. The lowest BCUT2D eigenvalue weighted by molar-refractivity contribution is -0.188. The highest BCUT2D eigenvalue weighted by molar-refractivity contribution is 5.99. The highest BCUT2D eigenvalue weighted by atomic mass is 19.4. The number of hydrogen-bond acceptors (Lipinski definition) is 4. The topological polar surface area (TPSA) is 75.4 Å². The van der Waals surface area contributed by atoms with Gasteiger partial charge in [0.15, 0.2) is 0 Å². The molecular formula is C8H12F3N3O2. The average molecular weight is 239 g/mol. The van der Waals surface area contributed by atoms with E-state index in [4.69, 9.17) is 5.73 Å². The zero-order valence-electron chi connectivity index (χ0n) is 8.38. The summed E-state index contributed by atoms with van der Waals surface area (Å²) >= 11 is 0. The lowest BCUT2D eigenvalue weighted by Gasteiger charge is -2.34. The third kappa shape index (κ3) is 3.17. The first-order chi connectivity index (χ1) is 7.34. The Morgan fingerprint density at radius 1 is 1.31 bits per heavy atom. The van der Waals surface area contributed by atoms with Gasteiger partial charge in [-0.3, -0.25) is 19.8 Å². The van der Waals surface area contributed by atoms with Gasteiger partial charge >= 0.3 is 6.18 Å². The van der Waals surface area contributed by atoms with E-state index in [-0.39, 0.29) is 13.0 Å². The number of carbonyl (C=O) groups excluding carboxylic acids is 2. The van der Waals surface area contributed by atoms with Crippen LogP contribution in [0.15, 0.2) is 0 Å². The van der Waals surface area contributed by atoms with E-state index in [0.29, 0.717) is 0 Å². The largest absolute Gasteiger partial charge is 0.404 e. The fourth-order valence-electron chi connectivity index (χ4n) is 1.59. The lowest BCUT2D eigenvalue weighted by Crippen LogP contribution is -2.58. The minimum Gasteiger partial charge on any atom is -0.330 e. The number of nitrogens with two attached hydrogens (primary N) is 1. The standard InChI is InChI=1S/C8H12F3N3O2/c9-8(10,11)5(1-2-12)14-3-6(15)13-7(16)4-14/h5H,1-4,12H2,(H,13,15,16). The molecule has 16 heavy (non-hydrogen) atoms. The molecule has 1 aliphatic heterocycles. The fraction of sp³-hybridized carbons (Fsp3) is 0.750. The van der Waals surface area contributed by atoms with Crippen molar-refractivity contribution in [1.29, 1.82) is 0 Å². The minimum atomic E-state index is -4.49. The Bertz CT molecular complexity index is 277. The molecule has 0 aromatic rings. The Labute approximate surface area is 89.8 Å². The first kappa shape index (κ1) is 12.9. The van der Waals surface area contributed by atoms with Crippen LogP contribution in [0.1, 0.15) is 6.42 Å². The second-order valence-corrected chi connectivity index (χ2v) is 3.51. The van der Waals surface area contributed by atoms with Gasteiger partial charge in [-0.25, -0.2) is 0 Å². The van der Waals surface area contributed by atoms with Gasteiger partial charge in [-0.1, -0.05) is 0 Å². The Morgan fingerprint density at radius 2 is 1.81 bits per heavy atom. The van der Waals surface area contributed by atoms with Crippen molar-refractivity contribution in [2.75, 3.05) is 19.6 Å². The highest BCUT2D eigenvalue weighted by Gasteiger charge is 2.45. The van der Waals surface area contributed by atoms with E-state index in [1.165, 1.54) is 0 Å². The number of nitrogens with one attached hydrogen (secondary N) is 1. The normalized spacial score (nSPS) is 20.8. The second-order valence-electron chi connectivity index (χ2n) is 3.51. The quantitative estimate of drug-likeness (QED) is 0.634. The van der Waals surface area contributed by atoms with Gasteiger partial charge in [0.05, 0.1) is 13.1 Å². The summed E-state index contributed by atoms with van der Waals surface area (Å²) in [6.07, 6.45) is -4.82. The molecule has 1 atom stereocenters. The number of amides is 2. The highest BCUT2D eigenvalue weighted by Crippen LogP contribution is 2.27. The van der Waals surface area contributed by atoms with E-state index >= 15 is 0 Å². The summed E-state index contributed by atoms with van der Waals surface area (Å²) in [5, 5.41) is 1.94. The molecule has 5 nitrogen and oxygen atoms in total. The lowest BCUT2D eigenvalue weighted by atomic mass is 10.1. The molecule has 1 heterocycles. The predicted molar refractivity (Wildman–Crippen MR) is 48.2 cm³/mol. The van der Waals surface area contributed by atoms with Gasteiger partial charge in [-0.2, -0.15) is 13.2 Å². The van der Waals surface area contributed by atoms with Crippen molar-refractivity contribution < 1.29 is 22.8 Å². The monoisotopic (exact) mass is 239 g/mol. The molecule has 0 saturated carbocycles. The Balaban J connectivity index is 2.77. The van der Waals surface area contributed by atoms with Gasteiger partial charge in [0.2, 0.25) is 11.8 Å². The van der Waals surface area contributed by atoms with Crippen molar-refractivity contribution in [3.8, 4) is 0 Å².